The largest absolute Gasteiger partial charge is 0.368 e. The fourth-order valence-corrected chi connectivity index (χ4v) is 3.44. The number of benzene rings is 2. The summed E-state index contributed by atoms with van der Waals surface area (Å²) in [4.78, 5) is 16.9. The molecule has 1 aliphatic heterocycles. The topological polar surface area (TPSA) is 49.6 Å². The van der Waals surface area contributed by atoms with Gasteiger partial charge in [-0.3, -0.25) is 4.79 Å². The van der Waals surface area contributed by atoms with Crippen molar-refractivity contribution in [2.24, 2.45) is 0 Å². The van der Waals surface area contributed by atoms with Crippen LogP contribution in [0.15, 0.2) is 53.1 Å². The molecule has 2 aromatic carbocycles. The van der Waals surface area contributed by atoms with E-state index in [-0.39, 0.29) is 5.91 Å². The lowest BCUT2D eigenvalue weighted by Gasteiger charge is -2.36. The maximum Gasteiger partial charge on any atom is 0.228 e. The molecule has 0 spiro atoms. The molecule has 0 aliphatic carbocycles. The molecule has 5 nitrogen and oxygen atoms in total. The predicted molar refractivity (Wildman–Crippen MR) is 97.7 cm³/mol. The van der Waals surface area contributed by atoms with Gasteiger partial charge in [-0.1, -0.05) is 35.5 Å². The Labute approximate surface area is 146 Å². The first kappa shape index (κ1) is 15.7. The summed E-state index contributed by atoms with van der Waals surface area (Å²) in [6.45, 7) is 5.32. The number of anilines is 1. The second-order valence-electron chi connectivity index (χ2n) is 6.46. The number of carbonyl (C=O) groups excluding carboxylic acids is 1. The highest BCUT2D eigenvalue weighted by Crippen LogP contribution is 2.22. The Hall–Kier alpha value is -2.82. The van der Waals surface area contributed by atoms with Gasteiger partial charge >= 0.3 is 0 Å². The molecule has 0 saturated carbocycles. The summed E-state index contributed by atoms with van der Waals surface area (Å²) < 4.78 is 5.30. The molecule has 3 aromatic rings. The number of aromatic nitrogens is 1. The van der Waals surface area contributed by atoms with Gasteiger partial charge in [0, 0.05) is 37.3 Å². The molecule has 0 atom stereocenters. The van der Waals surface area contributed by atoms with Crippen LogP contribution in [0.5, 0.6) is 0 Å². The molecule has 1 amide bonds. The highest BCUT2D eigenvalue weighted by atomic mass is 16.5. The smallest absolute Gasteiger partial charge is 0.228 e. The summed E-state index contributed by atoms with van der Waals surface area (Å²) in [6, 6.07) is 16.1. The highest BCUT2D eigenvalue weighted by Gasteiger charge is 2.23. The summed E-state index contributed by atoms with van der Waals surface area (Å²) in [5.74, 6) is 0.114. The predicted octanol–water partition coefficient (Wildman–Crippen LogP) is 3.03. The lowest BCUT2D eigenvalue weighted by Crippen LogP contribution is -2.49. The second-order valence-corrected chi connectivity index (χ2v) is 6.46. The van der Waals surface area contributed by atoms with E-state index in [0.717, 1.165) is 42.8 Å². The molecule has 0 radical (unpaired) electrons. The first-order chi connectivity index (χ1) is 12.2. The zero-order valence-electron chi connectivity index (χ0n) is 14.3. The SMILES string of the molecule is Cc1ccccc1N1CCN(C(=O)Cc2noc3ccccc23)CC1. The number of aryl methyl sites for hydroxylation is 1. The van der Waals surface area contributed by atoms with E-state index in [2.05, 4.69) is 41.2 Å². The molecule has 0 N–H and O–H groups in total. The molecule has 1 aliphatic rings. The van der Waals surface area contributed by atoms with Crippen molar-refractivity contribution >= 4 is 22.6 Å². The number of para-hydroxylation sites is 2. The first-order valence-electron chi connectivity index (χ1n) is 8.64. The molecular weight excluding hydrogens is 314 g/mol. The van der Waals surface area contributed by atoms with Gasteiger partial charge in [0.15, 0.2) is 5.58 Å². The normalized spacial score (nSPS) is 14.9. The summed E-state index contributed by atoms with van der Waals surface area (Å²) in [5, 5.41) is 5.00. The van der Waals surface area contributed by atoms with Crippen molar-refractivity contribution in [1.29, 1.82) is 0 Å². The van der Waals surface area contributed by atoms with Crippen molar-refractivity contribution in [2.75, 3.05) is 31.1 Å². The van der Waals surface area contributed by atoms with Gasteiger partial charge in [-0.2, -0.15) is 0 Å². The van der Waals surface area contributed by atoms with Gasteiger partial charge in [-0.15, -0.1) is 0 Å². The zero-order chi connectivity index (χ0) is 17.2. The molecule has 1 aromatic heterocycles. The number of carbonyl (C=O) groups is 1. The fourth-order valence-electron chi connectivity index (χ4n) is 3.44. The van der Waals surface area contributed by atoms with Gasteiger partial charge in [0.2, 0.25) is 5.91 Å². The molecule has 128 valence electrons. The lowest BCUT2D eigenvalue weighted by molar-refractivity contribution is -0.130. The van der Waals surface area contributed by atoms with Gasteiger partial charge in [-0.25, -0.2) is 0 Å². The van der Waals surface area contributed by atoms with Crippen molar-refractivity contribution in [1.82, 2.24) is 10.1 Å². The third-order valence-electron chi connectivity index (χ3n) is 4.86. The monoisotopic (exact) mass is 335 g/mol. The Morgan fingerprint density at radius 3 is 2.56 bits per heavy atom. The molecule has 0 bridgehead atoms. The van der Waals surface area contributed by atoms with Crippen LogP contribution in [0.25, 0.3) is 11.0 Å². The molecule has 5 heteroatoms. The number of amides is 1. The molecule has 2 heterocycles. The summed E-state index contributed by atoms with van der Waals surface area (Å²) in [5.41, 5.74) is 3.99. The third kappa shape index (κ3) is 3.09. The molecule has 25 heavy (non-hydrogen) atoms. The average molecular weight is 335 g/mol. The highest BCUT2D eigenvalue weighted by molar-refractivity contribution is 5.86. The van der Waals surface area contributed by atoms with Crippen molar-refractivity contribution in [2.45, 2.75) is 13.3 Å². The molecule has 4 rings (SSSR count). The van der Waals surface area contributed by atoms with Crippen molar-refractivity contribution in [3.8, 4) is 0 Å². The quantitative estimate of drug-likeness (QED) is 0.738. The third-order valence-corrected chi connectivity index (χ3v) is 4.86. The number of rotatable bonds is 3. The lowest BCUT2D eigenvalue weighted by atomic mass is 10.1. The maximum absolute atomic E-state index is 12.6. The summed E-state index contributed by atoms with van der Waals surface area (Å²) >= 11 is 0. The van der Waals surface area contributed by atoms with Crippen LogP contribution < -0.4 is 4.90 Å². The summed E-state index contributed by atoms with van der Waals surface area (Å²) in [6.07, 6.45) is 0.293. The van der Waals surface area contributed by atoms with Crippen molar-refractivity contribution < 1.29 is 9.32 Å². The zero-order valence-corrected chi connectivity index (χ0v) is 14.3. The standard InChI is InChI=1S/C20H21N3O2/c1-15-6-2-4-8-18(15)22-10-12-23(13-11-22)20(24)14-17-16-7-3-5-9-19(16)25-21-17/h2-9H,10-14H2,1H3. The minimum Gasteiger partial charge on any atom is -0.368 e. The average Bonchev–Trinajstić information content (AvgIpc) is 3.05. The van der Waals surface area contributed by atoms with E-state index in [1.807, 2.05) is 29.2 Å². The maximum atomic E-state index is 12.6. The van der Waals surface area contributed by atoms with E-state index in [4.69, 9.17) is 4.52 Å². The second kappa shape index (κ2) is 6.59. The molecule has 1 saturated heterocycles. The Morgan fingerprint density at radius 2 is 1.76 bits per heavy atom. The Balaban J connectivity index is 1.41. The Kier molecular flexibility index (Phi) is 4.14. The fraction of sp³-hybridized carbons (Fsp3) is 0.300. The van der Waals surface area contributed by atoms with E-state index in [1.165, 1.54) is 11.3 Å². The van der Waals surface area contributed by atoms with Crippen LogP contribution in [0.3, 0.4) is 0 Å². The molecular formula is C20H21N3O2. The van der Waals surface area contributed by atoms with E-state index in [9.17, 15) is 4.79 Å². The number of hydrogen-bond donors (Lipinski definition) is 0. The van der Waals surface area contributed by atoms with Crippen LogP contribution in [0.1, 0.15) is 11.3 Å². The van der Waals surface area contributed by atoms with Gasteiger partial charge in [0.05, 0.1) is 6.42 Å². The number of hydrogen-bond acceptors (Lipinski definition) is 4. The van der Waals surface area contributed by atoms with Gasteiger partial charge in [0.25, 0.3) is 0 Å². The van der Waals surface area contributed by atoms with Gasteiger partial charge in [0.1, 0.15) is 5.69 Å². The first-order valence-corrected chi connectivity index (χ1v) is 8.64. The Bertz CT molecular complexity index is 895. The van der Waals surface area contributed by atoms with Gasteiger partial charge < -0.3 is 14.3 Å². The molecule has 0 unspecified atom stereocenters. The van der Waals surface area contributed by atoms with E-state index < -0.39 is 0 Å². The van der Waals surface area contributed by atoms with Gasteiger partial charge in [-0.05, 0) is 30.7 Å². The molecule has 1 fully saturated rings. The van der Waals surface area contributed by atoms with Crippen LogP contribution in [0, 0.1) is 6.92 Å². The number of fused-ring (bicyclic) bond motifs is 1. The number of nitrogens with zero attached hydrogens (tertiary/aromatic N) is 3. The van der Waals surface area contributed by atoms with Crippen LogP contribution in [-0.4, -0.2) is 42.1 Å². The summed E-state index contributed by atoms with van der Waals surface area (Å²) in [7, 11) is 0. The van der Waals surface area contributed by atoms with Crippen LogP contribution in [0.2, 0.25) is 0 Å². The van der Waals surface area contributed by atoms with E-state index in [0.29, 0.717) is 6.42 Å². The Morgan fingerprint density at radius 1 is 1.04 bits per heavy atom. The van der Waals surface area contributed by atoms with E-state index in [1.54, 1.807) is 0 Å². The van der Waals surface area contributed by atoms with Crippen LogP contribution >= 0.6 is 0 Å². The number of piperazine rings is 1. The minimum absolute atomic E-state index is 0.114. The van der Waals surface area contributed by atoms with Crippen molar-refractivity contribution in [3.63, 3.8) is 0 Å². The van der Waals surface area contributed by atoms with Crippen LogP contribution in [0.4, 0.5) is 5.69 Å². The minimum atomic E-state index is 0.114. The van der Waals surface area contributed by atoms with Crippen LogP contribution in [-0.2, 0) is 11.2 Å². The van der Waals surface area contributed by atoms with Crippen molar-refractivity contribution in [3.05, 3.63) is 59.8 Å². The van der Waals surface area contributed by atoms with E-state index >= 15 is 0 Å².